The van der Waals surface area contributed by atoms with E-state index in [0.29, 0.717) is 5.41 Å². The second kappa shape index (κ2) is 5.57. The van der Waals surface area contributed by atoms with Gasteiger partial charge in [-0.15, -0.1) is 0 Å². The molecule has 1 aromatic carbocycles. The molecule has 0 radical (unpaired) electrons. The van der Waals surface area contributed by atoms with E-state index >= 15 is 0 Å². The summed E-state index contributed by atoms with van der Waals surface area (Å²) in [5.74, 6) is -0.0774. The van der Waals surface area contributed by atoms with Gasteiger partial charge in [0.05, 0.1) is 0 Å². The van der Waals surface area contributed by atoms with Gasteiger partial charge in [-0.3, -0.25) is 4.79 Å². The molecular weight excluding hydrogens is 248 g/mol. The molecule has 1 aliphatic rings. The minimum Gasteiger partial charge on any atom is -0.351 e. The number of carbonyl (C=O) groups excluding carboxylic acids is 1. The van der Waals surface area contributed by atoms with Crippen molar-refractivity contribution in [1.82, 2.24) is 5.32 Å². The van der Waals surface area contributed by atoms with Gasteiger partial charge in [0.25, 0.3) is 0 Å². The van der Waals surface area contributed by atoms with E-state index < -0.39 is 5.54 Å². The molecular formula is C17H26N2O. The Morgan fingerprint density at radius 2 is 2.00 bits per heavy atom. The predicted molar refractivity (Wildman–Crippen MR) is 82.2 cm³/mol. The van der Waals surface area contributed by atoms with Crippen molar-refractivity contribution in [3.05, 3.63) is 35.9 Å². The number of hydrogen-bond acceptors (Lipinski definition) is 2. The first kappa shape index (κ1) is 15.0. The summed E-state index contributed by atoms with van der Waals surface area (Å²) in [6.45, 7) is 6.32. The summed E-state index contributed by atoms with van der Waals surface area (Å²) >= 11 is 0. The molecule has 0 bridgehead atoms. The number of benzene rings is 1. The zero-order valence-corrected chi connectivity index (χ0v) is 12.8. The number of carbonyl (C=O) groups is 1. The molecule has 3 N–H and O–H groups in total. The van der Waals surface area contributed by atoms with Gasteiger partial charge < -0.3 is 11.1 Å². The molecule has 3 nitrogen and oxygen atoms in total. The molecule has 3 heteroatoms. The smallest absolute Gasteiger partial charge is 0.244 e. The van der Waals surface area contributed by atoms with Gasteiger partial charge >= 0.3 is 0 Å². The van der Waals surface area contributed by atoms with Crippen molar-refractivity contribution < 1.29 is 4.79 Å². The Hall–Kier alpha value is -1.35. The molecule has 1 amide bonds. The van der Waals surface area contributed by atoms with Crippen LogP contribution in [0.2, 0.25) is 0 Å². The monoisotopic (exact) mass is 274 g/mol. The van der Waals surface area contributed by atoms with Crippen LogP contribution in [-0.2, 0) is 10.3 Å². The molecule has 0 spiro atoms. The predicted octanol–water partition coefficient (Wildman–Crippen LogP) is 2.95. The van der Waals surface area contributed by atoms with Crippen molar-refractivity contribution in [2.75, 3.05) is 0 Å². The Bertz CT molecular complexity index is 465. The summed E-state index contributed by atoms with van der Waals surface area (Å²) in [4.78, 5) is 12.5. The average Bonchev–Trinajstić information content (AvgIpc) is 2.38. The molecule has 1 aliphatic carbocycles. The van der Waals surface area contributed by atoms with E-state index in [0.717, 1.165) is 18.4 Å². The SMILES string of the molecule is CC1(C)CCCC(NC(=O)C(C)(N)c2ccccc2)C1. The Morgan fingerprint density at radius 1 is 1.35 bits per heavy atom. The fourth-order valence-corrected chi connectivity index (χ4v) is 3.07. The van der Waals surface area contributed by atoms with Gasteiger partial charge in [0.1, 0.15) is 5.54 Å². The molecule has 2 rings (SSSR count). The normalized spacial score (nSPS) is 24.7. The van der Waals surface area contributed by atoms with Crippen LogP contribution in [0, 0.1) is 5.41 Å². The van der Waals surface area contributed by atoms with Crippen molar-refractivity contribution in [2.45, 2.75) is 58.0 Å². The van der Waals surface area contributed by atoms with Gasteiger partial charge in [-0.05, 0) is 37.2 Å². The van der Waals surface area contributed by atoms with Gasteiger partial charge in [-0.1, -0.05) is 50.6 Å². The van der Waals surface area contributed by atoms with Crippen LogP contribution in [0.3, 0.4) is 0 Å². The summed E-state index contributed by atoms with van der Waals surface area (Å²) in [5.41, 5.74) is 6.45. The zero-order valence-electron chi connectivity index (χ0n) is 12.8. The lowest BCUT2D eigenvalue weighted by molar-refractivity contribution is -0.127. The number of amides is 1. The van der Waals surface area contributed by atoms with Gasteiger partial charge in [-0.2, -0.15) is 0 Å². The van der Waals surface area contributed by atoms with Crippen LogP contribution in [0.15, 0.2) is 30.3 Å². The maximum Gasteiger partial charge on any atom is 0.244 e. The summed E-state index contributed by atoms with van der Waals surface area (Å²) < 4.78 is 0. The lowest BCUT2D eigenvalue weighted by Crippen LogP contribution is -2.53. The largest absolute Gasteiger partial charge is 0.351 e. The molecule has 1 saturated carbocycles. The molecule has 20 heavy (non-hydrogen) atoms. The Labute approximate surface area is 121 Å². The third-order valence-electron chi connectivity index (χ3n) is 4.39. The molecule has 110 valence electrons. The zero-order chi connectivity index (χ0) is 14.8. The van der Waals surface area contributed by atoms with E-state index in [-0.39, 0.29) is 11.9 Å². The van der Waals surface area contributed by atoms with Crippen molar-refractivity contribution in [3.63, 3.8) is 0 Å². The van der Waals surface area contributed by atoms with Gasteiger partial charge in [0, 0.05) is 6.04 Å². The van der Waals surface area contributed by atoms with Crippen LogP contribution >= 0.6 is 0 Å². The lowest BCUT2D eigenvalue weighted by atomic mass is 9.75. The third-order valence-corrected chi connectivity index (χ3v) is 4.39. The van der Waals surface area contributed by atoms with Crippen LogP contribution in [0.5, 0.6) is 0 Å². The number of rotatable bonds is 3. The van der Waals surface area contributed by atoms with Crippen LogP contribution in [0.1, 0.15) is 52.0 Å². The lowest BCUT2D eigenvalue weighted by Gasteiger charge is -2.37. The minimum atomic E-state index is -0.969. The molecule has 1 fully saturated rings. The Morgan fingerprint density at radius 3 is 2.60 bits per heavy atom. The van der Waals surface area contributed by atoms with Crippen LogP contribution in [-0.4, -0.2) is 11.9 Å². The van der Waals surface area contributed by atoms with E-state index in [1.165, 1.54) is 12.8 Å². The molecule has 2 atom stereocenters. The fraction of sp³-hybridized carbons (Fsp3) is 0.588. The summed E-state index contributed by atoms with van der Waals surface area (Å²) in [6, 6.07) is 9.82. The van der Waals surface area contributed by atoms with E-state index in [1.54, 1.807) is 6.92 Å². The van der Waals surface area contributed by atoms with Gasteiger partial charge in [-0.25, -0.2) is 0 Å². The molecule has 2 unspecified atom stereocenters. The van der Waals surface area contributed by atoms with Crippen molar-refractivity contribution in [3.8, 4) is 0 Å². The van der Waals surface area contributed by atoms with Crippen LogP contribution < -0.4 is 11.1 Å². The highest BCUT2D eigenvalue weighted by molar-refractivity contribution is 5.87. The molecule has 0 aliphatic heterocycles. The molecule has 0 heterocycles. The van der Waals surface area contributed by atoms with E-state index in [1.807, 2.05) is 30.3 Å². The molecule has 1 aromatic rings. The average molecular weight is 274 g/mol. The summed E-state index contributed by atoms with van der Waals surface area (Å²) in [5, 5.41) is 3.15. The number of hydrogen-bond donors (Lipinski definition) is 2. The summed E-state index contributed by atoms with van der Waals surface area (Å²) in [6.07, 6.45) is 4.49. The Balaban J connectivity index is 2.04. The fourth-order valence-electron chi connectivity index (χ4n) is 3.07. The second-order valence-electron chi connectivity index (χ2n) is 7.00. The number of nitrogens with one attached hydrogen (secondary N) is 1. The van der Waals surface area contributed by atoms with Gasteiger partial charge in [0.15, 0.2) is 0 Å². The van der Waals surface area contributed by atoms with E-state index in [9.17, 15) is 4.79 Å². The summed E-state index contributed by atoms with van der Waals surface area (Å²) in [7, 11) is 0. The van der Waals surface area contributed by atoms with Crippen molar-refractivity contribution >= 4 is 5.91 Å². The van der Waals surface area contributed by atoms with E-state index in [2.05, 4.69) is 19.2 Å². The second-order valence-corrected chi connectivity index (χ2v) is 7.00. The quantitative estimate of drug-likeness (QED) is 0.890. The first-order valence-corrected chi connectivity index (χ1v) is 7.47. The third kappa shape index (κ3) is 3.40. The highest BCUT2D eigenvalue weighted by atomic mass is 16.2. The molecule has 0 saturated heterocycles. The molecule has 0 aromatic heterocycles. The van der Waals surface area contributed by atoms with Crippen LogP contribution in [0.25, 0.3) is 0 Å². The van der Waals surface area contributed by atoms with Crippen LogP contribution in [0.4, 0.5) is 0 Å². The van der Waals surface area contributed by atoms with Gasteiger partial charge in [0.2, 0.25) is 5.91 Å². The maximum atomic E-state index is 12.5. The minimum absolute atomic E-state index is 0.0774. The topological polar surface area (TPSA) is 55.1 Å². The maximum absolute atomic E-state index is 12.5. The standard InChI is InChI=1S/C17H26N2O/c1-16(2)11-7-10-14(12-16)19-15(20)17(3,18)13-8-5-4-6-9-13/h4-6,8-9,14H,7,10-12,18H2,1-3H3,(H,19,20). The van der Waals surface area contributed by atoms with Crippen molar-refractivity contribution in [2.24, 2.45) is 11.1 Å². The first-order chi connectivity index (χ1) is 9.31. The van der Waals surface area contributed by atoms with Crippen molar-refractivity contribution in [1.29, 1.82) is 0 Å². The Kier molecular flexibility index (Phi) is 4.19. The van der Waals surface area contributed by atoms with E-state index in [4.69, 9.17) is 5.73 Å². The number of nitrogens with two attached hydrogens (primary N) is 1. The highest BCUT2D eigenvalue weighted by Crippen LogP contribution is 2.35. The first-order valence-electron chi connectivity index (χ1n) is 7.47. The highest BCUT2D eigenvalue weighted by Gasteiger charge is 2.34.